The molecule has 2 nitrogen and oxygen atoms in total. The van der Waals surface area contributed by atoms with Crippen LogP contribution in [0.4, 0.5) is 0 Å². The van der Waals surface area contributed by atoms with Crippen LogP contribution in [0.3, 0.4) is 0 Å². The molecule has 1 aromatic carbocycles. The molecule has 1 saturated carbocycles. The normalized spacial score (nSPS) is 34.8. The summed E-state index contributed by atoms with van der Waals surface area (Å²) in [5, 5.41) is 3.77. The van der Waals surface area contributed by atoms with Crippen molar-refractivity contribution in [1.29, 1.82) is 0 Å². The highest BCUT2D eigenvalue weighted by Crippen LogP contribution is 2.38. The Morgan fingerprint density at radius 1 is 1.24 bits per heavy atom. The molecule has 0 bridgehead atoms. The molecular weight excluding hydrogens is 208 g/mol. The van der Waals surface area contributed by atoms with Crippen LogP contribution in [0.5, 0.6) is 0 Å². The second-order valence-electron chi connectivity index (χ2n) is 5.90. The van der Waals surface area contributed by atoms with Gasteiger partial charge < -0.3 is 5.32 Å². The van der Waals surface area contributed by atoms with E-state index in [0.717, 1.165) is 25.0 Å². The molecule has 0 aromatic heterocycles. The zero-order valence-electron chi connectivity index (χ0n) is 10.8. The summed E-state index contributed by atoms with van der Waals surface area (Å²) in [5.41, 5.74) is 1.52. The summed E-state index contributed by atoms with van der Waals surface area (Å²) in [5.74, 6) is 0.952. The van der Waals surface area contributed by atoms with E-state index in [1.54, 1.807) is 0 Å². The molecule has 2 aliphatic rings. The minimum absolute atomic E-state index is 0.113. The van der Waals surface area contributed by atoms with Crippen molar-refractivity contribution in [2.75, 3.05) is 20.1 Å². The first-order chi connectivity index (χ1) is 8.19. The zero-order valence-corrected chi connectivity index (χ0v) is 10.8. The third-order valence-electron chi connectivity index (χ3n) is 4.41. The van der Waals surface area contributed by atoms with Gasteiger partial charge in [0.05, 0.1) is 5.54 Å². The number of piperazine rings is 1. The molecule has 2 atom stereocenters. The predicted octanol–water partition coefficient (Wildman–Crippen LogP) is 2.22. The van der Waals surface area contributed by atoms with Gasteiger partial charge in [-0.05, 0) is 38.3 Å². The molecule has 2 heteroatoms. The van der Waals surface area contributed by atoms with E-state index >= 15 is 0 Å². The standard InChI is InChI=1S/C15H22N2/c1-15(13-6-4-3-5-7-13)11-17(2)14(10-16-15)12-8-9-12/h3-7,12,14,16H,8-11H2,1-2H3. The molecule has 1 saturated heterocycles. The molecule has 1 aromatic rings. The van der Waals surface area contributed by atoms with Gasteiger partial charge >= 0.3 is 0 Å². The lowest BCUT2D eigenvalue weighted by Gasteiger charge is -2.45. The molecule has 2 unspecified atom stereocenters. The van der Waals surface area contributed by atoms with Crippen LogP contribution >= 0.6 is 0 Å². The van der Waals surface area contributed by atoms with Crippen LogP contribution in [0.1, 0.15) is 25.3 Å². The van der Waals surface area contributed by atoms with Crippen LogP contribution in [-0.4, -0.2) is 31.1 Å². The highest BCUT2D eigenvalue weighted by atomic mass is 15.2. The molecule has 3 rings (SSSR count). The van der Waals surface area contributed by atoms with Crippen molar-refractivity contribution in [3.8, 4) is 0 Å². The number of rotatable bonds is 2. The van der Waals surface area contributed by atoms with Crippen LogP contribution < -0.4 is 5.32 Å². The lowest BCUT2D eigenvalue weighted by molar-refractivity contribution is 0.0990. The Kier molecular flexibility index (Phi) is 2.72. The average molecular weight is 230 g/mol. The van der Waals surface area contributed by atoms with E-state index in [0.29, 0.717) is 0 Å². The molecule has 1 N–H and O–H groups in total. The summed E-state index contributed by atoms with van der Waals surface area (Å²) >= 11 is 0. The first kappa shape index (κ1) is 11.2. The topological polar surface area (TPSA) is 15.3 Å². The van der Waals surface area contributed by atoms with Crippen LogP contribution in [-0.2, 0) is 5.54 Å². The summed E-state index contributed by atoms with van der Waals surface area (Å²) < 4.78 is 0. The number of nitrogens with zero attached hydrogens (tertiary/aromatic N) is 1. The first-order valence-electron chi connectivity index (χ1n) is 6.70. The molecule has 92 valence electrons. The Hall–Kier alpha value is -0.860. The number of nitrogens with one attached hydrogen (secondary N) is 1. The summed E-state index contributed by atoms with van der Waals surface area (Å²) in [6.07, 6.45) is 2.86. The number of likely N-dealkylation sites (N-methyl/N-ethyl adjacent to an activating group) is 1. The molecule has 17 heavy (non-hydrogen) atoms. The Labute approximate surface area is 104 Å². The molecule has 1 aliphatic carbocycles. The summed E-state index contributed by atoms with van der Waals surface area (Å²) in [7, 11) is 2.28. The van der Waals surface area contributed by atoms with Gasteiger partial charge in [-0.15, -0.1) is 0 Å². The summed E-state index contributed by atoms with van der Waals surface area (Å²) in [6, 6.07) is 11.6. The van der Waals surface area contributed by atoms with Gasteiger partial charge in [-0.1, -0.05) is 30.3 Å². The van der Waals surface area contributed by atoms with Crippen molar-refractivity contribution in [2.24, 2.45) is 5.92 Å². The average Bonchev–Trinajstić information content (AvgIpc) is 3.14. The van der Waals surface area contributed by atoms with E-state index in [4.69, 9.17) is 0 Å². The number of hydrogen-bond acceptors (Lipinski definition) is 2. The Bertz CT molecular complexity index is 385. The van der Waals surface area contributed by atoms with E-state index in [1.807, 2.05) is 0 Å². The molecule has 0 radical (unpaired) electrons. The first-order valence-corrected chi connectivity index (χ1v) is 6.70. The third-order valence-corrected chi connectivity index (χ3v) is 4.41. The van der Waals surface area contributed by atoms with E-state index in [1.165, 1.54) is 18.4 Å². The fraction of sp³-hybridized carbons (Fsp3) is 0.600. The molecule has 0 amide bonds. The van der Waals surface area contributed by atoms with Crippen molar-refractivity contribution >= 4 is 0 Å². The maximum Gasteiger partial charge on any atom is 0.0535 e. The van der Waals surface area contributed by atoms with Crippen molar-refractivity contribution < 1.29 is 0 Å². The van der Waals surface area contributed by atoms with E-state index < -0.39 is 0 Å². The lowest BCUT2D eigenvalue weighted by Crippen LogP contribution is -2.60. The Morgan fingerprint density at radius 3 is 2.53 bits per heavy atom. The molecule has 0 spiro atoms. The SMILES string of the molecule is CN1CC(C)(c2ccccc2)NCC1C1CC1. The highest BCUT2D eigenvalue weighted by molar-refractivity contribution is 5.25. The zero-order chi connectivity index (χ0) is 11.9. The number of benzene rings is 1. The van der Waals surface area contributed by atoms with E-state index in [9.17, 15) is 0 Å². The van der Waals surface area contributed by atoms with Crippen molar-refractivity contribution in [3.63, 3.8) is 0 Å². The second-order valence-corrected chi connectivity index (χ2v) is 5.90. The molecular formula is C15H22N2. The van der Waals surface area contributed by atoms with Crippen LogP contribution in [0.25, 0.3) is 0 Å². The van der Waals surface area contributed by atoms with Crippen LogP contribution in [0.15, 0.2) is 30.3 Å². The van der Waals surface area contributed by atoms with Gasteiger partial charge in [0.2, 0.25) is 0 Å². The number of hydrogen-bond donors (Lipinski definition) is 1. The minimum atomic E-state index is 0.113. The summed E-state index contributed by atoms with van der Waals surface area (Å²) in [4.78, 5) is 2.56. The molecule has 1 aliphatic heterocycles. The highest BCUT2D eigenvalue weighted by Gasteiger charge is 2.41. The van der Waals surface area contributed by atoms with Crippen molar-refractivity contribution in [3.05, 3.63) is 35.9 Å². The van der Waals surface area contributed by atoms with Gasteiger partial charge in [-0.2, -0.15) is 0 Å². The van der Waals surface area contributed by atoms with Gasteiger partial charge in [0.1, 0.15) is 0 Å². The quantitative estimate of drug-likeness (QED) is 0.838. The van der Waals surface area contributed by atoms with Gasteiger partial charge in [-0.3, -0.25) is 4.90 Å². The minimum Gasteiger partial charge on any atom is -0.305 e. The van der Waals surface area contributed by atoms with Crippen molar-refractivity contribution in [1.82, 2.24) is 10.2 Å². The van der Waals surface area contributed by atoms with E-state index in [2.05, 4.69) is 54.5 Å². The Morgan fingerprint density at radius 2 is 1.94 bits per heavy atom. The van der Waals surface area contributed by atoms with Gasteiger partial charge in [0.25, 0.3) is 0 Å². The maximum atomic E-state index is 3.77. The largest absolute Gasteiger partial charge is 0.305 e. The smallest absolute Gasteiger partial charge is 0.0535 e. The monoisotopic (exact) mass is 230 g/mol. The van der Waals surface area contributed by atoms with Crippen LogP contribution in [0.2, 0.25) is 0 Å². The molecule has 1 heterocycles. The van der Waals surface area contributed by atoms with E-state index in [-0.39, 0.29) is 5.54 Å². The van der Waals surface area contributed by atoms with Gasteiger partial charge in [0.15, 0.2) is 0 Å². The fourth-order valence-electron chi connectivity index (χ4n) is 3.16. The fourth-order valence-corrected chi connectivity index (χ4v) is 3.16. The lowest BCUT2D eigenvalue weighted by atomic mass is 9.88. The Balaban J connectivity index is 1.77. The predicted molar refractivity (Wildman–Crippen MR) is 70.9 cm³/mol. The van der Waals surface area contributed by atoms with Crippen LogP contribution in [0, 0.1) is 5.92 Å². The van der Waals surface area contributed by atoms with Gasteiger partial charge in [0, 0.05) is 19.1 Å². The molecule has 2 fully saturated rings. The van der Waals surface area contributed by atoms with Crippen molar-refractivity contribution in [2.45, 2.75) is 31.3 Å². The summed E-state index contributed by atoms with van der Waals surface area (Å²) in [6.45, 7) is 4.56. The van der Waals surface area contributed by atoms with Gasteiger partial charge in [-0.25, -0.2) is 0 Å². The third kappa shape index (κ3) is 2.12. The maximum absolute atomic E-state index is 3.77. The second kappa shape index (κ2) is 4.11.